The van der Waals surface area contributed by atoms with Gasteiger partial charge < -0.3 is 14.8 Å². The van der Waals surface area contributed by atoms with Gasteiger partial charge in [0.15, 0.2) is 10.8 Å². The Morgan fingerprint density at radius 1 is 1.11 bits per heavy atom. The second-order valence-electron chi connectivity index (χ2n) is 6.43. The number of nitrogens with one attached hydrogen (secondary N) is 2. The molecule has 0 aliphatic heterocycles. The van der Waals surface area contributed by atoms with Gasteiger partial charge in [-0.05, 0) is 18.6 Å². The van der Waals surface area contributed by atoms with E-state index in [1.54, 1.807) is 12.1 Å². The summed E-state index contributed by atoms with van der Waals surface area (Å²) in [6.45, 7) is 2.82. The number of thioether (sulfide) groups is 1. The van der Waals surface area contributed by atoms with Crippen LogP contribution in [-0.2, 0) is 18.7 Å². The number of quaternary nitrogens is 1. The van der Waals surface area contributed by atoms with Gasteiger partial charge in [0.05, 0.1) is 0 Å². The van der Waals surface area contributed by atoms with Crippen LogP contribution >= 0.6 is 11.8 Å². The van der Waals surface area contributed by atoms with E-state index >= 15 is 0 Å². The summed E-state index contributed by atoms with van der Waals surface area (Å²) in [5, 5.41) is 30.6. The van der Waals surface area contributed by atoms with Gasteiger partial charge in [0.1, 0.15) is 5.82 Å². The maximum atomic E-state index is 11.4. The monoisotopic (exact) mass is 395 g/mol. The van der Waals surface area contributed by atoms with Crippen LogP contribution in [0.4, 0.5) is 5.69 Å². The molecule has 0 radical (unpaired) electrons. The zero-order valence-corrected chi connectivity index (χ0v) is 16.2. The second-order valence-corrected chi connectivity index (χ2v) is 7.37. The number of fused-ring (bicyclic) bond motifs is 1. The summed E-state index contributed by atoms with van der Waals surface area (Å²) in [7, 11) is 0. The maximum Gasteiger partial charge on any atom is 0.191 e. The van der Waals surface area contributed by atoms with E-state index < -0.39 is 5.23 Å². The predicted molar refractivity (Wildman–Crippen MR) is 109 cm³/mol. The van der Waals surface area contributed by atoms with Gasteiger partial charge in [-0.25, -0.2) is 5.21 Å². The number of nitrogens with zero attached hydrogens (tertiary/aromatic N) is 3. The number of H-pyrrole nitrogens is 1. The highest BCUT2D eigenvalue weighted by atomic mass is 32.2. The van der Waals surface area contributed by atoms with Crippen molar-refractivity contribution in [2.45, 2.75) is 30.8 Å². The summed E-state index contributed by atoms with van der Waals surface area (Å²) >= 11 is 1.51. The van der Waals surface area contributed by atoms with Gasteiger partial charge in [0.25, 0.3) is 0 Å². The Hall–Kier alpha value is -2.65. The second kappa shape index (κ2) is 8.15. The van der Waals surface area contributed by atoms with Crippen LogP contribution in [0, 0.1) is 5.21 Å². The molecule has 4 rings (SSSR count). The van der Waals surface area contributed by atoms with E-state index in [9.17, 15) is 10.4 Å². The minimum atomic E-state index is -0.909. The zero-order chi connectivity index (χ0) is 19.5. The first kappa shape index (κ1) is 18.7. The fraction of sp³-hybridized carbons (Fsp3) is 0.200. The van der Waals surface area contributed by atoms with Crippen LogP contribution in [0.1, 0.15) is 23.9 Å². The predicted octanol–water partition coefficient (Wildman–Crippen LogP) is 3.07. The lowest BCUT2D eigenvalue weighted by atomic mass is 10.1. The highest BCUT2D eigenvalue weighted by Gasteiger charge is 2.15. The Balaban J connectivity index is 1.55. The van der Waals surface area contributed by atoms with Gasteiger partial charge in [-0.3, -0.25) is 0 Å². The summed E-state index contributed by atoms with van der Waals surface area (Å²) in [5.74, 6) is 1.44. The average molecular weight is 395 g/mol. The number of hydrogen-bond acceptors (Lipinski definition) is 5. The van der Waals surface area contributed by atoms with Crippen LogP contribution in [0.5, 0.6) is 0 Å². The summed E-state index contributed by atoms with van der Waals surface area (Å²) < 4.78 is 2.09. The standard InChI is InChI=1S/C20H21N5O2S/c1-2-24-19(11-15-12-21-17-9-5-4-8-16(15)17)22-23-20(24)28-13-14-7-3-6-10-18(14)25(26)27/h3-10,12,21,25-26H,2,11,13H2,1H3. The number of aromatic nitrogens is 4. The van der Waals surface area contributed by atoms with Gasteiger partial charge >= 0.3 is 0 Å². The molecule has 0 aliphatic carbocycles. The lowest BCUT2D eigenvalue weighted by molar-refractivity contribution is -0.991. The molecule has 1 atom stereocenters. The summed E-state index contributed by atoms with van der Waals surface area (Å²) in [6.07, 6.45) is 2.71. The van der Waals surface area contributed by atoms with Crippen LogP contribution in [0.2, 0.25) is 0 Å². The topological polar surface area (TPSA) is 94.2 Å². The largest absolute Gasteiger partial charge is 0.595 e. The molecule has 3 N–H and O–H groups in total. The quantitative estimate of drug-likeness (QED) is 0.330. The van der Waals surface area contributed by atoms with E-state index in [0.717, 1.165) is 28.6 Å². The van der Waals surface area contributed by atoms with Gasteiger partial charge in [0, 0.05) is 47.4 Å². The SMILES string of the molecule is CCn1c(Cc2c[nH]c3ccccc23)nnc1SCc1ccccc1[NH+]([O-])O. The Morgan fingerprint density at radius 2 is 1.89 bits per heavy atom. The number of benzene rings is 2. The van der Waals surface area contributed by atoms with Crippen LogP contribution in [-0.4, -0.2) is 25.0 Å². The third-order valence-electron chi connectivity index (χ3n) is 4.74. The molecule has 0 saturated carbocycles. The Bertz CT molecular complexity index is 1090. The number of hydrogen-bond donors (Lipinski definition) is 3. The highest BCUT2D eigenvalue weighted by Crippen LogP contribution is 2.26. The molecule has 0 saturated heterocycles. The third kappa shape index (κ3) is 3.67. The molecule has 4 aromatic rings. The van der Waals surface area contributed by atoms with Gasteiger partial charge in [-0.15, -0.1) is 10.2 Å². The van der Waals surface area contributed by atoms with Crippen LogP contribution in [0.25, 0.3) is 10.9 Å². The minimum Gasteiger partial charge on any atom is -0.595 e. The fourth-order valence-electron chi connectivity index (χ4n) is 3.32. The number of para-hydroxylation sites is 2. The van der Waals surface area contributed by atoms with E-state index in [0.29, 0.717) is 17.9 Å². The number of aromatic amines is 1. The third-order valence-corrected chi connectivity index (χ3v) is 5.75. The zero-order valence-electron chi connectivity index (χ0n) is 15.4. The van der Waals surface area contributed by atoms with Crippen LogP contribution < -0.4 is 5.23 Å². The lowest BCUT2D eigenvalue weighted by Gasteiger charge is -2.15. The molecule has 2 aromatic carbocycles. The van der Waals surface area contributed by atoms with Crippen molar-refractivity contribution in [3.63, 3.8) is 0 Å². The Labute approximate surface area is 166 Å². The van der Waals surface area contributed by atoms with Crippen molar-refractivity contribution in [1.29, 1.82) is 0 Å². The van der Waals surface area contributed by atoms with E-state index in [4.69, 9.17) is 0 Å². The maximum absolute atomic E-state index is 11.4. The highest BCUT2D eigenvalue weighted by molar-refractivity contribution is 7.98. The Morgan fingerprint density at radius 3 is 2.71 bits per heavy atom. The van der Waals surface area contributed by atoms with Gasteiger partial charge in [0.2, 0.25) is 0 Å². The fourth-order valence-corrected chi connectivity index (χ4v) is 4.34. The number of rotatable bonds is 7. The molecule has 0 aliphatic rings. The van der Waals surface area contributed by atoms with Gasteiger partial charge in [-0.1, -0.05) is 48.2 Å². The minimum absolute atomic E-state index is 0.330. The molecule has 28 heavy (non-hydrogen) atoms. The summed E-state index contributed by atoms with van der Waals surface area (Å²) in [5.41, 5.74) is 3.41. The van der Waals surface area contributed by atoms with Crippen molar-refractivity contribution < 1.29 is 10.4 Å². The molecule has 2 aromatic heterocycles. The first-order valence-corrected chi connectivity index (χ1v) is 10.1. The molecular formula is C20H21N5O2S. The van der Waals surface area contributed by atoms with E-state index in [1.807, 2.05) is 30.5 Å². The molecule has 0 amide bonds. The van der Waals surface area contributed by atoms with Crippen LogP contribution in [0.3, 0.4) is 0 Å². The van der Waals surface area contributed by atoms with Crippen molar-refractivity contribution in [3.8, 4) is 0 Å². The molecule has 8 heteroatoms. The molecule has 0 spiro atoms. The molecule has 144 valence electrons. The first-order chi connectivity index (χ1) is 13.7. The normalized spacial score (nSPS) is 12.5. The molecule has 2 heterocycles. The Kier molecular flexibility index (Phi) is 5.45. The molecule has 7 nitrogen and oxygen atoms in total. The van der Waals surface area contributed by atoms with E-state index in [-0.39, 0.29) is 0 Å². The van der Waals surface area contributed by atoms with Crippen molar-refractivity contribution in [3.05, 3.63) is 76.9 Å². The average Bonchev–Trinajstić information content (AvgIpc) is 3.30. The van der Waals surface area contributed by atoms with Crippen molar-refractivity contribution in [2.75, 3.05) is 0 Å². The van der Waals surface area contributed by atoms with E-state index in [2.05, 4.69) is 38.8 Å². The van der Waals surface area contributed by atoms with Gasteiger partial charge in [-0.2, -0.15) is 5.23 Å². The van der Waals surface area contributed by atoms with Crippen molar-refractivity contribution in [1.82, 2.24) is 19.7 Å². The summed E-state index contributed by atoms with van der Waals surface area (Å²) in [6, 6.07) is 15.3. The van der Waals surface area contributed by atoms with E-state index in [1.165, 1.54) is 22.7 Å². The molecular weight excluding hydrogens is 374 g/mol. The van der Waals surface area contributed by atoms with Crippen molar-refractivity contribution >= 4 is 28.4 Å². The van der Waals surface area contributed by atoms with Crippen molar-refractivity contribution in [2.24, 2.45) is 0 Å². The molecule has 0 bridgehead atoms. The molecule has 1 unspecified atom stereocenters. The molecule has 0 fully saturated rings. The smallest absolute Gasteiger partial charge is 0.191 e. The van der Waals surface area contributed by atoms with Crippen LogP contribution in [0.15, 0.2) is 59.9 Å². The lowest BCUT2D eigenvalue weighted by Crippen LogP contribution is -2.99. The first-order valence-electron chi connectivity index (χ1n) is 9.08. The summed E-state index contributed by atoms with van der Waals surface area (Å²) in [4.78, 5) is 3.30.